The van der Waals surface area contributed by atoms with Gasteiger partial charge in [0.25, 0.3) is 11.1 Å². The number of H-pyrrole nitrogens is 2. The first-order valence-electron chi connectivity index (χ1n) is 11.3. The van der Waals surface area contributed by atoms with E-state index in [9.17, 15) is 38.8 Å². The molecule has 6 unspecified atom stereocenters. The van der Waals surface area contributed by atoms with E-state index < -0.39 is 80.4 Å². The van der Waals surface area contributed by atoms with Crippen LogP contribution in [0.2, 0.25) is 0 Å². The molecule has 0 spiro atoms. The Morgan fingerprint density at radius 1 is 0.892 bits per heavy atom. The first kappa shape index (κ1) is 27.3. The van der Waals surface area contributed by atoms with Crippen molar-refractivity contribution in [2.75, 3.05) is 13.2 Å². The Bertz CT molecular complexity index is 1330. The molecular weight excluding hydrogens is 521 g/mol. The number of aliphatic hydroxyl groups is 2. The third kappa shape index (κ3) is 6.08. The fraction of sp³-hybridized carbons (Fsp3) is 0.600. The summed E-state index contributed by atoms with van der Waals surface area (Å²) in [6.07, 6.45) is -3.86. The van der Waals surface area contributed by atoms with Crippen LogP contribution in [-0.2, 0) is 23.1 Å². The molecule has 6 atom stereocenters. The van der Waals surface area contributed by atoms with Gasteiger partial charge < -0.3 is 24.6 Å². The van der Waals surface area contributed by atoms with E-state index >= 15 is 0 Å². The number of phosphoric ester groups is 1. The van der Waals surface area contributed by atoms with Crippen molar-refractivity contribution in [2.24, 2.45) is 0 Å². The van der Waals surface area contributed by atoms with Crippen LogP contribution < -0.4 is 22.5 Å². The number of nitrogens with one attached hydrogen (secondary N) is 2. The van der Waals surface area contributed by atoms with Gasteiger partial charge in [0.05, 0.1) is 25.4 Å². The van der Waals surface area contributed by atoms with E-state index in [4.69, 9.17) is 18.5 Å². The molecule has 37 heavy (non-hydrogen) atoms. The Balaban J connectivity index is 1.31. The van der Waals surface area contributed by atoms with Crippen molar-refractivity contribution in [2.45, 2.75) is 63.6 Å². The van der Waals surface area contributed by atoms with Gasteiger partial charge in [-0.15, -0.1) is 0 Å². The van der Waals surface area contributed by atoms with Crippen molar-refractivity contribution < 1.29 is 38.2 Å². The standard InChI is InChI=1S/C20H27N4O12P/c1-9-5-23(19(29)21-17(9)27)15-3-11(25)13(35-15)7-33-37(31,32)34-8-14-12(26)4-16(36-14)24-6-10(2)18(28)22-20(24)30/h5-6,11-16,25-26H,3-4,7-8H2,1-2H3,(H,31,32)(H,21,27,29)(H,22,28,30)/i31+2. The van der Waals surface area contributed by atoms with Gasteiger partial charge in [0, 0.05) is 36.4 Å². The zero-order valence-corrected chi connectivity index (χ0v) is 20.7. The van der Waals surface area contributed by atoms with Gasteiger partial charge in [-0.05, 0) is 13.8 Å². The molecule has 16 nitrogen and oxygen atoms in total. The third-order valence-corrected chi connectivity index (χ3v) is 7.08. The summed E-state index contributed by atoms with van der Waals surface area (Å²) in [5, 5.41) is 20.5. The Morgan fingerprint density at radius 3 is 1.65 bits per heavy atom. The second-order valence-electron chi connectivity index (χ2n) is 8.88. The molecule has 204 valence electrons. The largest absolute Gasteiger partial charge is 0.472 e. The summed E-state index contributed by atoms with van der Waals surface area (Å²) in [6.45, 7) is 1.86. The zero-order chi connectivity index (χ0) is 27.1. The van der Waals surface area contributed by atoms with Crippen molar-refractivity contribution in [3.05, 3.63) is 65.2 Å². The number of aromatic amines is 2. The predicted octanol–water partition coefficient (Wildman–Crippen LogP) is -1.87. The first-order valence-corrected chi connectivity index (χ1v) is 12.8. The molecule has 0 bridgehead atoms. The Kier molecular flexibility index (Phi) is 7.83. The number of aromatic nitrogens is 4. The summed E-state index contributed by atoms with van der Waals surface area (Å²) in [5.74, 6) is 0. The fourth-order valence-electron chi connectivity index (χ4n) is 4.04. The zero-order valence-electron chi connectivity index (χ0n) is 19.8. The maximum absolute atomic E-state index is 12.4. The lowest BCUT2D eigenvalue weighted by Crippen LogP contribution is -2.33. The van der Waals surface area contributed by atoms with E-state index in [2.05, 4.69) is 9.97 Å². The second kappa shape index (κ2) is 10.6. The molecule has 2 aliphatic heterocycles. The fourth-order valence-corrected chi connectivity index (χ4v) is 4.79. The van der Waals surface area contributed by atoms with E-state index in [-0.39, 0.29) is 24.0 Å². The Morgan fingerprint density at radius 2 is 1.27 bits per heavy atom. The van der Waals surface area contributed by atoms with Gasteiger partial charge in [-0.25, -0.2) is 14.2 Å². The van der Waals surface area contributed by atoms with Crippen LogP contribution in [0.1, 0.15) is 36.4 Å². The van der Waals surface area contributed by atoms with Gasteiger partial charge in [0.15, 0.2) is 0 Å². The van der Waals surface area contributed by atoms with Crippen LogP contribution >= 0.6 is 7.82 Å². The molecule has 2 aromatic heterocycles. The molecular formula is C20H27N4O12P. The molecule has 2 fully saturated rings. The molecule has 2 aromatic rings. The van der Waals surface area contributed by atoms with E-state index in [0.29, 0.717) is 0 Å². The van der Waals surface area contributed by atoms with E-state index in [1.54, 1.807) is 0 Å². The molecule has 0 saturated carbocycles. The van der Waals surface area contributed by atoms with Crippen LogP contribution in [0.5, 0.6) is 0 Å². The lowest BCUT2D eigenvalue weighted by atomic mass is 10.2. The minimum atomic E-state index is -4.70. The predicted molar refractivity (Wildman–Crippen MR) is 123 cm³/mol. The van der Waals surface area contributed by atoms with Crippen molar-refractivity contribution in [1.82, 2.24) is 19.1 Å². The van der Waals surface area contributed by atoms with Crippen molar-refractivity contribution in [3.8, 4) is 0 Å². The molecule has 5 N–H and O–H groups in total. The average Bonchev–Trinajstić information content (AvgIpc) is 3.38. The SMILES string of the molecule is Cc1cn(C2CC(O)C(COP(O)(=[18O])OCC3OC(n4cc(C)c(=O)[nH]c4=O)CC3O)O2)c(=O)[nH]c1=O. The number of aryl methyl sites for hydroxylation is 2. The van der Waals surface area contributed by atoms with E-state index in [1.165, 1.54) is 26.2 Å². The van der Waals surface area contributed by atoms with Crippen molar-refractivity contribution >= 4 is 7.82 Å². The number of aliphatic hydroxyl groups excluding tert-OH is 2. The summed E-state index contributed by atoms with van der Waals surface area (Å²) < 4.78 is 35.5. The number of nitrogens with zero attached hydrogens (tertiary/aromatic N) is 2. The number of ether oxygens (including phenoxy) is 2. The van der Waals surface area contributed by atoms with Gasteiger partial charge >= 0.3 is 19.2 Å². The van der Waals surface area contributed by atoms with Crippen LogP contribution in [0.15, 0.2) is 31.6 Å². The maximum Gasteiger partial charge on any atom is 0.472 e. The van der Waals surface area contributed by atoms with Gasteiger partial charge in [-0.3, -0.25) is 37.7 Å². The highest BCUT2D eigenvalue weighted by atomic mass is 31.2. The van der Waals surface area contributed by atoms with Crippen LogP contribution in [-0.4, -0.2) is 71.8 Å². The summed E-state index contributed by atoms with van der Waals surface area (Å²) in [7, 11) is -4.70. The molecule has 0 radical (unpaired) electrons. The lowest BCUT2D eigenvalue weighted by Gasteiger charge is -2.20. The first-order chi connectivity index (χ1) is 17.3. The quantitative estimate of drug-likeness (QED) is 0.181. The maximum atomic E-state index is 12.4. The van der Waals surface area contributed by atoms with Gasteiger partial charge in [0.1, 0.15) is 24.7 Å². The smallest absolute Gasteiger partial charge is 0.390 e. The Labute approximate surface area is 207 Å². The molecule has 0 aliphatic carbocycles. The van der Waals surface area contributed by atoms with Crippen LogP contribution in [0.25, 0.3) is 0 Å². The lowest BCUT2D eigenvalue weighted by molar-refractivity contribution is -0.0582. The summed E-state index contributed by atoms with van der Waals surface area (Å²) >= 11 is 0. The third-order valence-electron chi connectivity index (χ3n) is 6.12. The van der Waals surface area contributed by atoms with Crippen molar-refractivity contribution in [3.63, 3.8) is 0 Å². The minimum Gasteiger partial charge on any atom is -0.390 e. The highest BCUT2D eigenvalue weighted by Crippen LogP contribution is 2.45. The number of hydrogen-bond acceptors (Lipinski definition) is 11. The van der Waals surface area contributed by atoms with E-state index in [0.717, 1.165) is 9.13 Å². The second-order valence-corrected chi connectivity index (χ2v) is 10.3. The van der Waals surface area contributed by atoms with Crippen LogP contribution in [0.3, 0.4) is 0 Å². The monoisotopic (exact) mass is 548 g/mol. The van der Waals surface area contributed by atoms with Gasteiger partial charge in [-0.2, -0.15) is 0 Å². The van der Waals surface area contributed by atoms with Crippen molar-refractivity contribution in [1.29, 1.82) is 0 Å². The Hall–Kier alpha value is -2.69. The topological polar surface area (TPSA) is 224 Å². The molecule has 4 heterocycles. The summed E-state index contributed by atoms with van der Waals surface area (Å²) in [5.41, 5.74) is -2.07. The van der Waals surface area contributed by atoms with Crippen LogP contribution in [0.4, 0.5) is 0 Å². The molecule has 2 aliphatic rings. The molecule has 2 saturated heterocycles. The molecule has 0 aromatic carbocycles. The van der Waals surface area contributed by atoms with Gasteiger partial charge in [-0.1, -0.05) is 0 Å². The van der Waals surface area contributed by atoms with E-state index in [1.807, 2.05) is 0 Å². The number of hydrogen-bond donors (Lipinski definition) is 5. The highest BCUT2D eigenvalue weighted by Gasteiger charge is 2.40. The summed E-state index contributed by atoms with van der Waals surface area (Å²) in [4.78, 5) is 61.5. The normalized spacial score (nSPS) is 29.4. The minimum absolute atomic E-state index is 0.0386. The highest BCUT2D eigenvalue weighted by molar-refractivity contribution is 7.47. The van der Waals surface area contributed by atoms with Crippen LogP contribution in [0, 0.1) is 13.8 Å². The molecule has 4 rings (SSSR count). The number of phosphoric acid groups is 1. The van der Waals surface area contributed by atoms with Gasteiger partial charge in [0.2, 0.25) is 0 Å². The average molecular weight is 548 g/mol. The summed E-state index contributed by atoms with van der Waals surface area (Å²) in [6, 6.07) is 0. The molecule has 0 amide bonds. The molecule has 17 heteroatoms. The number of rotatable bonds is 8.